The second kappa shape index (κ2) is 14.7. The van der Waals surface area contributed by atoms with E-state index in [2.05, 4.69) is 64.1 Å². The Morgan fingerprint density at radius 3 is 2.11 bits per heavy atom. The number of ether oxygens (including phenoxy) is 4. The first-order chi connectivity index (χ1) is 26.8. The third kappa shape index (κ3) is 7.00. The summed E-state index contributed by atoms with van der Waals surface area (Å²) in [6.45, 7) is 6.81. The molecule has 2 N–H and O–H groups in total. The van der Waals surface area contributed by atoms with E-state index in [1.54, 1.807) is 18.2 Å². The van der Waals surface area contributed by atoms with Crippen molar-refractivity contribution in [3.8, 4) is 11.5 Å². The summed E-state index contributed by atoms with van der Waals surface area (Å²) in [4.78, 5) is 53.7. The number of morpholine rings is 1. The van der Waals surface area contributed by atoms with E-state index in [0.717, 1.165) is 107 Å². The number of anilines is 1. The Morgan fingerprint density at radius 2 is 1.45 bits per heavy atom. The number of carbonyl (C=O) groups is 4. The van der Waals surface area contributed by atoms with E-state index in [0.29, 0.717) is 12.0 Å². The highest BCUT2D eigenvalue weighted by atomic mass is 16.5. The fourth-order valence-corrected chi connectivity index (χ4v) is 9.24. The van der Waals surface area contributed by atoms with Gasteiger partial charge in [0.2, 0.25) is 11.8 Å². The molecule has 0 aromatic heterocycles. The Morgan fingerprint density at radius 1 is 0.782 bits per heavy atom. The van der Waals surface area contributed by atoms with E-state index in [1.807, 2.05) is 0 Å². The van der Waals surface area contributed by atoms with Gasteiger partial charge in [-0.25, -0.2) is 0 Å². The number of carbonyl (C=O) groups excluding carboxylic acids is 4. The first-order valence-corrected chi connectivity index (χ1v) is 19.8. The molecular weight excluding hydrogens is 700 g/mol. The maximum absolute atomic E-state index is 13.3. The maximum Gasteiger partial charge on any atom is 0.262 e. The largest absolute Gasteiger partial charge is 0.492 e. The minimum atomic E-state index is -0.981. The molecule has 6 aliphatic rings. The molecule has 3 aromatic carbocycles. The number of hydrogen-bond acceptors (Lipinski definition) is 10. The SMILES string of the molecule is O=C1CCC(N2C(=O)c3ccc(NC4CC(Oc5ccc(C6(c7ccc(OCCN8CCOCC8)cc7)CCC7(CC6)COC7)cc5)C4)cc3C2=O)C(=O)N1. The van der Waals surface area contributed by atoms with Crippen molar-refractivity contribution in [2.24, 2.45) is 5.41 Å². The predicted molar refractivity (Wildman–Crippen MR) is 202 cm³/mol. The van der Waals surface area contributed by atoms with E-state index in [9.17, 15) is 19.2 Å². The number of nitrogens with zero attached hydrogens (tertiary/aromatic N) is 2. The van der Waals surface area contributed by atoms with Crippen LogP contribution in [0.5, 0.6) is 11.5 Å². The molecule has 3 saturated heterocycles. The summed E-state index contributed by atoms with van der Waals surface area (Å²) in [5, 5.41) is 5.71. The highest BCUT2D eigenvalue weighted by Gasteiger charge is 2.48. The lowest BCUT2D eigenvalue weighted by atomic mass is 9.58. The van der Waals surface area contributed by atoms with Gasteiger partial charge in [-0.15, -0.1) is 0 Å². The highest BCUT2D eigenvalue weighted by Crippen LogP contribution is 2.53. The molecule has 0 radical (unpaired) electrons. The van der Waals surface area contributed by atoms with Gasteiger partial charge in [0.1, 0.15) is 30.3 Å². The van der Waals surface area contributed by atoms with Gasteiger partial charge in [0, 0.05) is 61.5 Å². The van der Waals surface area contributed by atoms with E-state index in [-0.39, 0.29) is 41.5 Å². The van der Waals surface area contributed by atoms with Gasteiger partial charge >= 0.3 is 0 Å². The van der Waals surface area contributed by atoms with Gasteiger partial charge in [-0.3, -0.25) is 34.3 Å². The van der Waals surface area contributed by atoms with Crippen LogP contribution in [0.1, 0.15) is 83.2 Å². The van der Waals surface area contributed by atoms with Crippen molar-refractivity contribution in [3.05, 3.63) is 89.0 Å². The second-order valence-corrected chi connectivity index (χ2v) is 16.2. The van der Waals surface area contributed by atoms with Crippen LogP contribution in [0, 0.1) is 5.41 Å². The Bertz CT molecular complexity index is 1940. The second-order valence-electron chi connectivity index (χ2n) is 16.2. The molecule has 1 spiro atoms. The minimum Gasteiger partial charge on any atom is -0.492 e. The standard InChI is InChI=1S/C43H48N4O8/c48-38-12-11-37(39(49)45-38)47-40(50)35-10-5-30(25-36(35)41(47)51)44-31-23-34(24-31)55-33-8-3-29(4-9-33)43(15-13-42(14-16-43)26-53-27-42)28-1-6-32(7-2-28)54-22-19-46-17-20-52-21-18-46/h1-10,25,31,34,37,44H,11-24,26-27H2,(H,45,48,49). The molecule has 4 heterocycles. The van der Waals surface area contributed by atoms with Gasteiger partial charge in [0.05, 0.1) is 37.6 Å². The molecule has 1 atom stereocenters. The number of benzene rings is 3. The Kier molecular flexibility index (Phi) is 9.60. The van der Waals surface area contributed by atoms with Gasteiger partial charge in [0.25, 0.3) is 11.8 Å². The summed E-state index contributed by atoms with van der Waals surface area (Å²) >= 11 is 0. The maximum atomic E-state index is 13.3. The van der Waals surface area contributed by atoms with E-state index in [4.69, 9.17) is 18.9 Å². The molecule has 0 bridgehead atoms. The van der Waals surface area contributed by atoms with Crippen molar-refractivity contribution in [2.45, 2.75) is 75.0 Å². The van der Waals surface area contributed by atoms with Gasteiger partial charge in [-0.05, 0) is 85.7 Å². The van der Waals surface area contributed by atoms with Crippen LogP contribution in [0.4, 0.5) is 5.69 Å². The van der Waals surface area contributed by atoms with Gasteiger partial charge in [-0.2, -0.15) is 0 Å². The number of imide groups is 2. The van der Waals surface area contributed by atoms with Crippen LogP contribution in [0.25, 0.3) is 0 Å². The van der Waals surface area contributed by atoms with Gasteiger partial charge in [0.15, 0.2) is 0 Å². The first-order valence-electron chi connectivity index (χ1n) is 19.8. The quantitative estimate of drug-likeness (QED) is 0.266. The zero-order valence-corrected chi connectivity index (χ0v) is 31.1. The fourth-order valence-electron chi connectivity index (χ4n) is 9.24. The first kappa shape index (κ1) is 35.9. The summed E-state index contributed by atoms with van der Waals surface area (Å²) in [6.07, 6.45) is 6.30. The third-order valence-corrected chi connectivity index (χ3v) is 12.8. The van der Waals surface area contributed by atoms with Crippen LogP contribution in [0.3, 0.4) is 0 Å². The molecule has 3 aromatic rings. The summed E-state index contributed by atoms with van der Waals surface area (Å²) in [6, 6.07) is 21.7. The predicted octanol–water partition coefficient (Wildman–Crippen LogP) is 4.70. The molecule has 55 heavy (non-hydrogen) atoms. The Hall–Kier alpha value is -4.78. The fraction of sp³-hybridized carbons (Fsp3) is 0.488. The molecule has 4 amide bonds. The molecule has 12 heteroatoms. The summed E-state index contributed by atoms with van der Waals surface area (Å²) in [5.41, 5.74) is 4.15. The third-order valence-electron chi connectivity index (χ3n) is 12.8. The summed E-state index contributed by atoms with van der Waals surface area (Å²) in [7, 11) is 0. The van der Waals surface area contributed by atoms with E-state index < -0.39 is 29.7 Å². The Labute approximate surface area is 320 Å². The van der Waals surface area contributed by atoms with Crippen LogP contribution in [0.15, 0.2) is 66.7 Å². The van der Waals surface area contributed by atoms with E-state index in [1.165, 1.54) is 11.1 Å². The minimum absolute atomic E-state index is 0.0573. The molecule has 4 aliphatic heterocycles. The molecule has 9 rings (SSSR count). The van der Waals surface area contributed by atoms with Crippen LogP contribution < -0.4 is 20.1 Å². The lowest BCUT2D eigenvalue weighted by Gasteiger charge is -2.51. The Balaban J connectivity index is 0.810. The average molecular weight is 749 g/mol. The monoisotopic (exact) mass is 748 g/mol. The topological polar surface area (TPSA) is 136 Å². The summed E-state index contributed by atoms with van der Waals surface area (Å²) < 4.78 is 23.7. The lowest BCUT2D eigenvalue weighted by Crippen LogP contribution is -2.54. The lowest BCUT2D eigenvalue weighted by molar-refractivity contribution is -0.136. The van der Waals surface area contributed by atoms with Crippen LogP contribution in [-0.4, -0.2) is 104 Å². The van der Waals surface area contributed by atoms with Crippen LogP contribution in [-0.2, 0) is 24.5 Å². The number of hydrogen-bond donors (Lipinski definition) is 2. The van der Waals surface area contributed by atoms with Crippen molar-refractivity contribution in [1.29, 1.82) is 0 Å². The zero-order valence-electron chi connectivity index (χ0n) is 31.1. The molecule has 2 aliphatic carbocycles. The highest BCUT2D eigenvalue weighted by molar-refractivity contribution is 6.23. The van der Waals surface area contributed by atoms with Crippen LogP contribution >= 0.6 is 0 Å². The van der Waals surface area contributed by atoms with Crippen LogP contribution in [0.2, 0.25) is 0 Å². The molecule has 12 nitrogen and oxygen atoms in total. The van der Waals surface area contributed by atoms with E-state index >= 15 is 0 Å². The number of rotatable bonds is 11. The number of amides is 4. The van der Waals surface area contributed by atoms with Gasteiger partial charge in [-0.1, -0.05) is 24.3 Å². The normalized spacial score (nSPS) is 25.8. The molecule has 1 unspecified atom stereocenters. The smallest absolute Gasteiger partial charge is 0.262 e. The van der Waals surface area contributed by atoms with Crippen molar-refractivity contribution >= 4 is 29.3 Å². The van der Waals surface area contributed by atoms with Crippen molar-refractivity contribution < 1.29 is 38.1 Å². The molecule has 2 saturated carbocycles. The molecular formula is C43H48N4O8. The number of piperidine rings is 1. The summed E-state index contributed by atoms with van der Waals surface area (Å²) in [5.74, 6) is -0.274. The van der Waals surface area contributed by atoms with Crippen molar-refractivity contribution in [2.75, 3.05) is 58.0 Å². The number of fused-ring (bicyclic) bond motifs is 1. The average Bonchev–Trinajstić information content (AvgIpc) is 3.42. The molecule has 288 valence electrons. The number of nitrogens with one attached hydrogen (secondary N) is 2. The molecule has 5 fully saturated rings. The van der Waals surface area contributed by atoms with Crippen molar-refractivity contribution in [1.82, 2.24) is 15.1 Å². The van der Waals surface area contributed by atoms with Crippen molar-refractivity contribution in [3.63, 3.8) is 0 Å². The van der Waals surface area contributed by atoms with Gasteiger partial charge < -0.3 is 24.3 Å². The zero-order chi connectivity index (χ0) is 37.6.